The molecule has 3 aromatic rings. The molecule has 0 radical (unpaired) electrons. The van der Waals surface area contributed by atoms with E-state index in [1.54, 1.807) is 41.2 Å². The third kappa shape index (κ3) is 3.37. The van der Waals surface area contributed by atoms with E-state index in [4.69, 9.17) is 5.11 Å². The lowest BCUT2D eigenvalue weighted by Crippen LogP contribution is -2.31. The minimum atomic E-state index is -0.601. The van der Waals surface area contributed by atoms with Gasteiger partial charge in [0, 0.05) is 23.7 Å². The number of nitrogens with zero attached hydrogens (tertiary/aromatic N) is 3. The zero-order valence-corrected chi connectivity index (χ0v) is 14.6. The molecule has 0 fully saturated rings. The van der Waals surface area contributed by atoms with Crippen LogP contribution < -0.4 is 5.32 Å². The van der Waals surface area contributed by atoms with Crippen LogP contribution in [0, 0.1) is 11.6 Å². The topological polar surface area (TPSA) is 70.4 Å². The first-order valence-electron chi connectivity index (χ1n) is 8.53. The van der Waals surface area contributed by atoms with E-state index in [1.807, 2.05) is 0 Å². The zero-order chi connectivity index (χ0) is 19.7. The largest absolute Gasteiger partial charge is 0.387 e. The Morgan fingerprint density at radius 3 is 2.32 bits per heavy atom. The summed E-state index contributed by atoms with van der Waals surface area (Å²) in [5.41, 5.74) is 1.89. The molecule has 0 saturated heterocycles. The molecule has 142 valence electrons. The number of halogens is 2. The first-order valence-corrected chi connectivity index (χ1v) is 8.53. The lowest BCUT2D eigenvalue weighted by atomic mass is 10.1. The van der Waals surface area contributed by atoms with Crippen molar-refractivity contribution in [1.29, 1.82) is 0 Å². The Morgan fingerprint density at radius 2 is 1.68 bits per heavy atom. The fourth-order valence-corrected chi connectivity index (χ4v) is 2.96. The zero-order valence-electron chi connectivity index (χ0n) is 14.6. The quantitative estimate of drug-likeness (QED) is 0.726. The highest BCUT2D eigenvalue weighted by Gasteiger charge is 2.23. The number of fused-ring (bicyclic) bond motifs is 1. The lowest BCUT2D eigenvalue weighted by Gasteiger charge is -2.22. The van der Waals surface area contributed by atoms with E-state index in [0.29, 0.717) is 28.6 Å². The number of amides is 1. The summed E-state index contributed by atoms with van der Waals surface area (Å²) >= 11 is 0. The normalized spacial score (nSPS) is 12.8. The van der Waals surface area contributed by atoms with Gasteiger partial charge in [-0.25, -0.2) is 13.8 Å². The van der Waals surface area contributed by atoms with Gasteiger partial charge in [-0.05, 0) is 48.5 Å². The number of carbonyl (C=O) groups excluding carboxylic acids is 1. The summed E-state index contributed by atoms with van der Waals surface area (Å²) in [6.45, 7) is -0.425. The summed E-state index contributed by atoms with van der Waals surface area (Å²) in [4.78, 5) is 17.8. The van der Waals surface area contributed by atoms with Crippen molar-refractivity contribution in [2.45, 2.75) is 6.54 Å². The second-order valence-corrected chi connectivity index (χ2v) is 6.21. The summed E-state index contributed by atoms with van der Waals surface area (Å²) in [7, 11) is 0. The van der Waals surface area contributed by atoms with E-state index in [9.17, 15) is 13.6 Å². The van der Waals surface area contributed by atoms with E-state index in [2.05, 4.69) is 10.3 Å². The minimum absolute atomic E-state index is 0.176. The molecule has 1 amide bonds. The molecular weight excluding hydrogens is 366 g/mol. The SMILES string of the molecule is O=C(CO)N1C=Cn2c(nc(-c3ccc(F)cc3)c2Nc2ccc(F)cc2)C1. The van der Waals surface area contributed by atoms with E-state index in [0.717, 1.165) is 0 Å². The molecule has 0 atom stereocenters. The molecular formula is C20H16F2N4O2. The highest BCUT2D eigenvalue weighted by molar-refractivity contribution is 5.81. The van der Waals surface area contributed by atoms with Crippen LogP contribution in [0.4, 0.5) is 20.3 Å². The van der Waals surface area contributed by atoms with Crippen LogP contribution in [-0.2, 0) is 11.3 Å². The number of hydrogen-bond donors (Lipinski definition) is 2. The summed E-state index contributed by atoms with van der Waals surface area (Å²) < 4.78 is 28.3. The monoisotopic (exact) mass is 382 g/mol. The van der Waals surface area contributed by atoms with E-state index in [-0.39, 0.29) is 18.2 Å². The Bertz CT molecular complexity index is 1040. The van der Waals surface area contributed by atoms with Gasteiger partial charge in [0.05, 0.1) is 6.54 Å². The van der Waals surface area contributed by atoms with Gasteiger partial charge in [-0.15, -0.1) is 0 Å². The molecule has 28 heavy (non-hydrogen) atoms. The van der Waals surface area contributed by atoms with Gasteiger partial charge in [-0.3, -0.25) is 9.36 Å². The number of benzene rings is 2. The number of anilines is 2. The molecule has 4 rings (SSSR count). The van der Waals surface area contributed by atoms with Crippen molar-refractivity contribution in [1.82, 2.24) is 14.5 Å². The molecule has 1 aliphatic rings. The first kappa shape index (κ1) is 17.9. The first-order chi connectivity index (χ1) is 13.5. The maximum atomic E-state index is 13.3. The Labute approximate surface area is 159 Å². The Balaban J connectivity index is 1.78. The maximum absolute atomic E-state index is 13.3. The summed E-state index contributed by atoms with van der Waals surface area (Å²) in [6.07, 6.45) is 3.20. The molecule has 2 heterocycles. The number of carbonyl (C=O) groups is 1. The molecule has 1 aliphatic heterocycles. The van der Waals surface area contributed by atoms with Gasteiger partial charge in [0.2, 0.25) is 0 Å². The number of aliphatic hydroxyl groups excluding tert-OH is 1. The van der Waals surface area contributed by atoms with Gasteiger partial charge in [0.1, 0.15) is 35.6 Å². The fraction of sp³-hybridized carbons (Fsp3) is 0.100. The van der Waals surface area contributed by atoms with Crippen molar-refractivity contribution < 1.29 is 18.7 Å². The number of rotatable bonds is 4. The Hall–Kier alpha value is -3.52. The van der Waals surface area contributed by atoms with E-state index >= 15 is 0 Å². The van der Waals surface area contributed by atoms with Gasteiger partial charge in [-0.1, -0.05) is 0 Å². The van der Waals surface area contributed by atoms with Gasteiger partial charge in [0.15, 0.2) is 0 Å². The third-order valence-corrected chi connectivity index (χ3v) is 4.37. The van der Waals surface area contributed by atoms with Crippen molar-refractivity contribution >= 4 is 23.6 Å². The molecule has 2 N–H and O–H groups in total. The van der Waals surface area contributed by atoms with Crippen molar-refractivity contribution in [2.75, 3.05) is 11.9 Å². The second-order valence-electron chi connectivity index (χ2n) is 6.21. The molecule has 0 aliphatic carbocycles. The van der Waals surface area contributed by atoms with Crippen molar-refractivity contribution in [2.24, 2.45) is 0 Å². The number of imidazole rings is 1. The van der Waals surface area contributed by atoms with Gasteiger partial charge >= 0.3 is 0 Å². The van der Waals surface area contributed by atoms with Gasteiger partial charge in [0.25, 0.3) is 5.91 Å². The maximum Gasteiger partial charge on any atom is 0.252 e. The van der Waals surface area contributed by atoms with Crippen molar-refractivity contribution in [3.63, 3.8) is 0 Å². The third-order valence-electron chi connectivity index (χ3n) is 4.37. The van der Waals surface area contributed by atoms with Crippen LogP contribution in [0.25, 0.3) is 17.5 Å². The highest BCUT2D eigenvalue weighted by atomic mass is 19.1. The second kappa shape index (κ2) is 7.24. The molecule has 0 unspecified atom stereocenters. The van der Waals surface area contributed by atoms with E-state index < -0.39 is 12.5 Å². The van der Waals surface area contributed by atoms with Gasteiger partial charge in [-0.2, -0.15) is 0 Å². The van der Waals surface area contributed by atoms with Crippen LogP contribution in [-0.4, -0.2) is 32.1 Å². The summed E-state index contributed by atoms with van der Waals surface area (Å²) in [6, 6.07) is 11.8. The van der Waals surface area contributed by atoms with Crippen LogP contribution >= 0.6 is 0 Å². The number of aliphatic hydroxyl groups is 1. The summed E-state index contributed by atoms with van der Waals surface area (Å²) in [5.74, 6) is 0.00808. The average Bonchev–Trinajstić information content (AvgIpc) is 3.07. The predicted molar refractivity (Wildman–Crippen MR) is 100 cm³/mol. The highest BCUT2D eigenvalue weighted by Crippen LogP contribution is 2.33. The standard InChI is InChI=1S/C20H16F2N4O2/c21-14-3-1-13(2-4-14)19-20(23-16-7-5-15(22)6-8-16)26-10-9-25(18(28)12-27)11-17(26)24-19/h1-10,23,27H,11-12H2. The molecule has 8 heteroatoms. The number of nitrogens with one attached hydrogen (secondary N) is 1. The molecule has 6 nitrogen and oxygen atoms in total. The van der Waals surface area contributed by atoms with Crippen molar-refractivity contribution in [3.05, 3.63) is 72.2 Å². The van der Waals surface area contributed by atoms with Crippen LogP contribution in [0.15, 0.2) is 54.7 Å². The molecule has 1 aromatic heterocycles. The number of aromatic nitrogens is 2. The predicted octanol–water partition coefficient (Wildman–Crippen LogP) is 3.33. The minimum Gasteiger partial charge on any atom is -0.387 e. The fourth-order valence-electron chi connectivity index (χ4n) is 2.96. The molecule has 2 aromatic carbocycles. The number of hydrogen-bond acceptors (Lipinski definition) is 4. The van der Waals surface area contributed by atoms with Crippen LogP contribution in [0.2, 0.25) is 0 Å². The van der Waals surface area contributed by atoms with E-state index in [1.165, 1.54) is 29.2 Å². The van der Waals surface area contributed by atoms with Crippen LogP contribution in [0.5, 0.6) is 0 Å². The summed E-state index contributed by atoms with van der Waals surface area (Å²) in [5, 5.41) is 12.3. The van der Waals surface area contributed by atoms with Crippen molar-refractivity contribution in [3.8, 4) is 11.3 Å². The Morgan fingerprint density at radius 1 is 1.04 bits per heavy atom. The molecule has 0 bridgehead atoms. The lowest BCUT2D eigenvalue weighted by molar-refractivity contribution is -0.132. The smallest absolute Gasteiger partial charge is 0.252 e. The molecule has 0 spiro atoms. The van der Waals surface area contributed by atoms with Gasteiger partial charge < -0.3 is 15.3 Å². The van der Waals surface area contributed by atoms with Crippen LogP contribution in [0.3, 0.4) is 0 Å². The molecule has 0 saturated carbocycles. The Kier molecular flexibility index (Phi) is 4.62. The average molecular weight is 382 g/mol. The van der Waals surface area contributed by atoms with Crippen LogP contribution in [0.1, 0.15) is 5.82 Å².